The Hall–Kier alpha value is -3.41. The molecule has 0 bridgehead atoms. The number of carbonyl (C=O) groups excluding carboxylic acids is 6. The van der Waals surface area contributed by atoms with Gasteiger partial charge < -0.3 is 124 Å². The highest BCUT2D eigenvalue weighted by atomic mass is 31.2. The molecule has 0 aromatic carbocycles. The third-order valence-electron chi connectivity index (χ3n) is 17.4. The van der Waals surface area contributed by atoms with Crippen LogP contribution in [0.4, 0.5) is 0 Å². The lowest BCUT2D eigenvalue weighted by Gasteiger charge is -2.42. The summed E-state index contributed by atoms with van der Waals surface area (Å²) in [5.41, 5.74) is 0. The Kier molecular flexibility index (Phi) is 34.3. The fraction of sp³-hybridized carbons (Fsp3) is 0.897. The van der Waals surface area contributed by atoms with Gasteiger partial charge in [-0.05, 0) is 77.6 Å². The molecular weight excluding hydrogens is 1390 g/mol. The van der Waals surface area contributed by atoms with Gasteiger partial charge in [0, 0.05) is 79.5 Å². The predicted molar refractivity (Wildman–Crippen MR) is 337 cm³/mol. The van der Waals surface area contributed by atoms with Crippen molar-refractivity contribution in [2.75, 3.05) is 79.1 Å². The standard InChI is InChI=1S/C58H103N6O32P3/c1-31(2)94-97(80)88-28-37-20-39(23-63(37)45(72)14-8-11-17-86-57-48(60-34(5)69)54(78)51(75)42(26-66)92-57)95-99(83,84)90-30-38-21-40(24-64(38)46(73)15-9-12-18-87-58-49(61-35(6)70)55(79)52(76)43(27-67)93-58)96-98(81,82)89-29-36-19-32(3)22-62(36)44(71)13-7-10-16-85-56-47(59-33(4)68)53(77)50(74)41(25-65)91-56/h31-32,36-43,47-58,65-67,74-79,97H,7-30H2,1-6H3,(H,59,68)(H,60,69)(H,61,70)(H,81,82)(H,83,84)/t32-,36+,37+,38+,39-,40-,41?,42?,43?,47?,48?,49?,50?,51?,52?,53?,54?,55?,56?,57?,58?/m1/s1. The number of nitrogens with one attached hydrogen (secondary N) is 3. The van der Waals surface area contributed by atoms with Crippen molar-refractivity contribution in [3.8, 4) is 0 Å². The topological polar surface area (TPSA) is 533 Å². The van der Waals surface area contributed by atoms with Crippen molar-refractivity contribution in [3.05, 3.63) is 0 Å². The van der Waals surface area contributed by atoms with Gasteiger partial charge in [-0.25, -0.2) is 9.13 Å². The highest BCUT2D eigenvalue weighted by Crippen LogP contribution is 2.50. The molecule has 99 heavy (non-hydrogen) atoms. The molecule has 6 aliphatic heterocycles. The average Bonchev–Trinajstić information content (AvgIpc) is 1.75. The Morgan fingerprint density at radius 2 is 0.828 bits per heavy atom. The van der Waals surface area contributed by atoms with Crippen LogP contribution in [0, 0.1) is 5.92 Å². The molecule has 14 N–H and O–H groups in total. The molecule has 18 unspecified atom stereocenters. The van der Waals surface area contributed by atoms with Crippen molar-refractivity contribution in [3.63, 3.8) is 0 Å². The molecule has 6 rings (SSSR count). The largest absolute Gasteiger partial charge is 0.472 e. The number of rotatable bonds is 39. The molecule has 0 aromatic heterocycles. The fourth-order valence-electron chi connectivity index (χ4n) is 12.6. The van der Waals surface area contributed by atoms with Gasteiger partial charge in [-0.2, -0.15) is 0 Å². The van der Waals surface area contributed by atoms with Gasteiger partial charge in [0.15, 0.2) is 18.9 Å². The number of hydrogen-bond acceptors (Lipinski definition) is 30. The number of phosphoric acid groups is 2. The monoisotopic (exact) mass is 1490 g/mol. The number of nitrogens with zero attached hydrogens (tertiary/aromatic N) is 3. The van der Waals surface area contributed by atoms with Crippen LogP contribution in [-0.2, 0) is 98.0 Å². The van der Waals surface area contributed by atoms with Gasteiger partial charge in [0.2, 0.25) is 35.4 Å². The second kappa shape index (κ2) is 40.2. The number of phosphoric ester groups is 2. The summed E-state index contributed by atoms with van der Waals surface area (Å²) >= 11 is 0. The van der Waals surface area contributed by atoms with E-state index in [1.54, 1.807) is 13.8 Å². The van der Waals surface area contributed by atoms with Crippen LogP contribution in [0.1, 0.15) is 119 Å². The van der Waals surface area contributed by atoms with E-state index in [9.17, 15) is 98.2 Å². The van der Waals surface area contributed by atoms with Gasteiger partial charge in [-0.3, -0.25) is 51.4 Å². The summed E-state index contributed by atoms with van der Waals surface area (Å²) in [6.07, 6.45) is -18.6. The van der Waals surface area contributed by atoms with E-state index >= 15 is 0 Å². The normalized spacial score (nSPS) is 34.2. The van der Waals surface area contributed by atoms with E-state index in [0.717, 1.165) is 0 Å². The first-order valence-corrected chi connectivity index (χ1v) is 37.5. The van der Waals surface area contributed by atoms with E-state index < -0.39 is 215 Å². The summed E-state index contributed by atoms with van der Waals surface area (Å²) in [5, 5.41) is 99.4. The maximum absolute atomic E-state index is 14.1. The molecule has 24 atom stereocenters. The first-order valence-electron chi connectivity index (χ1n) is 33.3. The van der Waals surface area contributed by atoms with Crippen LogP contribution in [0.25, 0.3) is 0 Å². The van der Waals surface area contributed by atoms with E-state index in [1.165, 1.54) is 35.5 Å². The van der Waals surface area contributed by atoms with E-state index in [4.69, 9.17) is 55.6 Å². The smallest absolute Gasteiger partial charge is 0.394 e. The van der Waals surface area contributed by atoms with Crippen LogP contribution in [-0.4, -0.2) is 313 Å². The first-order chi connectivity index (χ1) is 46.7. The molecule has 0 radical (unpaired) electrons. The van der Waals surface area contributed by atoms with Crippen molar-refractivity contribution < 1.29 is 154 Å². The van der Waals surface area contributed by atoms with Gasteiger partial charge in [0.25, 0.3) is 0 Å². The van der Waals surface area contributed by atoms with Crippen LogP contribution in [0.3, 0.4) is 0 Å². The molecule has 6 aliphatic rings. The summed E-state index contributed by atoms with van der Waals surface area (Å²) in [7, 11) is -13.2. The summed E-state index contributed by atoms with van der Waals surface area (Å²) in [5.74, 6) is -3.04. The van der Waals surface area contributed by atoms with Gasteiger partial charge in [-0.1, -0.05) is 6.92 Å². The van der Waals surface area contributed by atoms with Crippen LogP contribution in [0.15, 0.2) is 0 Å². The maximum atomic E-state index is 14.1. The fourth-order valence-corrected chi connectivity index (χ4v) is 15.3. The molecule has 6 saturated heterocycles. The number of aliphatic hydroxyl groups excluding tert-OH is 9. The first kappa shape index (κ1) is 84.5. The molecule has 6 fully saturated rings. The quantitative estimate of drug-likeness (QED) is 0.0211. The number of aliphatic hydroxyl groups is 9. The van der Waals surface area contributed by atoms with Crippen molar-refractivity contribution >= 4 is 59.3 Å². The Morgan fingerprint density at radius 1 is 0.505 bits per heavy atom. The van der Waals surface area contributed by atoms with Crippen LogP contribution < -0.4 is 16.0 Å². The molecule has 6 heterocycles. The molecule has 38 nitrogen and oxygen atoms in total. The lowest BCUT2D eigenvalue weighted by Crippen LogP contribution is -2.64. The highest BCUT2D eigenvalue weighted by Gasteiger charge is 2.50. The number of unbranched alkanes of at least 4 members (excludes halogenated alkanes) is 3. The molecule has 572 valence electrons. The number of likely N-dealkylation sites (tertiary alicyclic amines) is 3. The van der Waals surface area contributed by atoms with E-state index in [-0.39, 0.29) is 109 Å². The molecule has 41 heteroatoms. The highest BCUT2D eigenvalue weighted by molar-refractivity contribution is 7.47. The molecular formula is C58H103N6O32P3. The number of amides is 6. The zero-order valence-corrected chi connectivity index (χ0v) is 59.2. The Balaban J connectivity index is 1.06. The summed E-state index contributed by atoms with van der Waals surface area (Å²) in [6, 6.07) is -6.22. The molecule has 0 aromatic rings. The molecule has 0 aliphatic carbocycles. The number of carbonyl (C=O) groups is 6. The molecule has 6 amide bonds. The lowest BCUT2D eigenvalue weighted by molar-refractivity contribution is -0.270. The van der Waals surface area contributed by atoms with E-state index in [2.05, 4.69) is 16.0 Å². The Bertz CT molecular complexity index is 2720. The zero-order valence-electron chi connectivity index (χ0n) is 56.4. The van der Waals surface area contributed by atoms with Gasteiger partial charge in [0.1, 0.15) is 73.1 Å². The van der Waals surface area contributed by atoms with Crippen molar-refractivity contribution in [1.29, 1.82) is 0 Å². The number of hydrogen-bond donors (Lipinski definition) is 14. The summed E-state index contributed by atoms with van der Waals surface area (Å²) < 4.78 is 108. The lowest BCUT2D eigenvalue weighted by atomic mass is 9.97. The zero-order chi connectivity index (χ0) is 73.1. The van der Waals surface area contributed by atoms with Crippen molar-refractivity contribution in [1.82, 2.24) is 30.7 Å². The van der Waals surface area contributed by atoms with Crippen LogP contribution in [0.2, 0.25) is 0 Å². The summed E-state index contributed by atoms with van der Waals surface area (Å²) in [4.78, 5) is 104. The van der Waals surface area contributed by atoms with Crippen LogP contribution in [0.5, 0.6) is 0 Å². The van der Waals surface area contributed by atoms with Crippen molar-refractivity contribution in [2.45, 2.75) is 247 Å². The molecule has 0 saturated carbocycles. The minimum atomic E-state index is -5.12. The van der Waals surface area contributed by atoms with Crippen LogP contribution >= 0.6 is 23.9 Å². The minimum absolute atomic E-state index is 0.00270. The van der Waals surface area contributed by atoms with Gasteiger partial charge in [0.05, 0.1) is 76.1 Å². The van der Waals surface area contributed by atoms with E-state index in [0.29, 0.717) is 25.8 Å². The second-order valence-electron chi connectivity index (χ2n) is 25.9. The van der Waals surface area contributed by atoms with Gasteiger partial charge in [-0.15, -0.1) is 0 Å². The molecule has 0 spiro atoms. The Labute approximate surface area is 573 Å². The SMILES string of the molecule is CC(=O)NC1C(OCCCCC(=O)N2C[C@H](C)C[C@H]2COP(=O)(O)O[C@@H]2C[C@@H](COP(=O)(O)O[C@@H]3C[C@@H](CO[PH](=O)OC(C)C)N(C(=O)CCCCOC4OC(CO)C(O)C(O)C4NC(C)=O)C3)N(C(=O)CCCCOC3OC(CO)C(O)C(O)C3NC(C)=O)C2)OC(CO)C(O)C1O. The minimum Gasteiger partial charge on any atom is -0.394 e. The second-order valence-corrected chi connectivity index (χ2v) is 29.7. The average molecular weight is 1490 g/mol. The van der Waals surface area contributed by atoms with E-state index in [1.807, 2.05) is 6.92 Å². The third-order valence-corrected chi connectivity index (χ3v) is 20.6. The Morgan fingerprint density at radius 3 is 1.15 bits per heavy atom. The predicted octanol–water partition coefficient (Wildman–Crippen LogP) is -3.35. The van der Waals surface area contributed by atoms with Gasteiger partial charge >= 0.3 is 23.9 Å². The number of ether oxygens (including phenoxy) is 6. The summed E-state index contributed by atoms with van der Waals surface area (Å²) in [6.45, 7) is 4.73. The van der Waals surface area contributed by atoms with Crippen molar-refractivity contribution in [2.24, 2.45) is 5.92 Å². The maximum Gasteiger partial charge on any atom is 0.472 e. The third kappa shape index (κ3) is 25.7.